The second-order valence-electron chi connectivity index (χ2n) is 3.25. The van der Waals surface area contributed by atoms with Crippen LogP contribution in [0.3, 0.4) is 0 Å². The molecule has 0 bridgehead atoms. The molecule has 1 fully saturated rings. The lowest BCUT2D eigenvalue weighted by molar-refractivity contribution is -0.191. The summed E-state index contributed by atoms with van der Waals surface area (Å²) in [5, 5.41) is 0. The van der Waals surface area contributed by atoms with Crippen molar-refractivity contribution in [2.45, 2.75) is 38.8 Å². The summed E-state index contributed by atoms with van der Waals surface area (Å²) >= 11 is 0. The van der Waals surface area contributed by atoms with Crippen molar-refractivity contribution in [2.75, 3.05) is 0 Å². The minimum absolute atomic E-state index is 0.00463. The smallest absolute Gasteiger partial charge is 0.299 e. The molecule has 4 heteroatoms. The summed E-state index contributed by atoms with van der Waals surface area (Å²) in [6.45, 7) is 1.71. The standard InChI is InChI=1S/C8H11F3O/c1-2-3-6(12)7(4-5-7)8(9,10)11/h2-5H2,1H3. The topological polar surface area (TPSA) is 17.1 Å². The van der Waals surface area contributed by atoms with Gasteiger partial charge in [0.05, 0.1) is 0 Å². The van der Waals surface area contributed by atoms with Crippen LogP contribution in [0, 0.1) is 5.41 Å². The summed E-state index contributed by atoms with van der Waals surface area (Å²) < 4.78 is 36.7. The van der Waals surface area contributed by atoms with Gasteiger partial charge in [-0.25, -0.2) is 0 Å². The lowest BCUT2D eigenvalue weighted by atomic mass is 9.97. The zero-order valence-electron chi connectivity index (χ0n) is 6.87. The second-order valence-corrected chi connectivity index (χ2v) is 3.25. The third-order valence-electron chi connectivity index (χ3n) is 2.30. The fourth-order valence-corrected chi connectivity index (χ4v) is 1.31. The Bertz CT molecular complexity index is 191. The average molecular weight is 180 g/mol. The number of ketones is 1. The monoisotopic (exact) mass is 180 g/mol. The van der Waals surface area contributed by atoms with Gasteiger partial charge in [0, 0.05) is 6.42 Å². The van der Waals surface area contributed by atoms with Gasteiger partial charge in [-0.1, -0.05) is 6.92 Å². The normalized spacial score (nSPS) is 20.7. The zero-order chi connectivity index (χ0) is 9.41. The molecule has 12 heavy (non-hydrogen) atoms. The molecule has 1 rings (SSSR count). The number of halogens is 3. The van der Waals surface area contributed by atoms with Crippen LogP contribution in [0.25, 0.3) is 0 Å². The van der Waals surface area contributed by atoms with E-state index < -0.39 is 17.4 Å². The highest BCUT2D eigenvalue weighted by molar-refractivity contribution is 5.88. The van der Waals surface area contributed by atoms with Crippen LogP contribution in [0.4, 0.5) is 13.2 Å². The van der Waals surface area contributed by atoms with Gasteiger partial charge in [0.2, 0.25) is 0 Å². The Morgan fingerprint density at radius 3 is 2.17 bits per heavy atom. The number of carbonyl (C=O) groups excluding carboxylic acids is 1. The van der Waals surface area contributed by atoms with Crippen molar-refractivity contribution >= 4 is 5.78 Å². The Morgan fingerprint density at radius 2 is 1.92 bits per heavy atom. The molecule has 0 amide bonds. The fourth-order valence-electron chi connectivity index (χ4n) is 1.31. The first-order valence-electron chi connectivity index (χ1n) is 4.04. The Kier molecular flexibility index (Phi) is 2.19. The molecule has 1 nitrogen and oxygen atoms in total. The van der Waals surface area contributed by atoms with Crippen LogP contribution < -0.4 is 0 Å². The number of rotatable bonds is 3. The molecule has 0 spiro atoms. The summed E-state index contributed by atoms with van der Waals surface area (Å²) in [5.41, 5.74) is -1.94. The largest absolute Gasteiger partial charge is 0.401 e. The molecule has 0 aliphatic heterocycles. The maximum Gasteiger partial charge on any atom is 0.401 e. The minimum Gasteiger partial charge on any atom is -0.299 e. The van der Waals surface area contributed by atoms with Crippen molar-refractivity contribution in [3.8, 4) is 0 Å². The van der Waals surface area contributed by atoms with Crippen molar-refractivity contribution in [1.82, 2.24) is 0 Å². The van der Waals surface area contributed by atoms with Gasteiger partial charge in [-0.15, -0.1) is 0 Å². The molecule has 0 unspecified atom stereocenters. The highest BCUT2D eigenvalue weighted by atomic mass is 19.4. The molecular formula is C8H11F3O. The fraction of sp³-hybridized carbons (Fsp3) is 0.875. The van der Waals surface area contributed by atoms with E-state index >= 15 is 0 Å². The highest BCUT2D eigenvalue weighted by Gasteiger charge is 2.67. The van der Waals surface area contributed by atoms with Crippen molar-refractivity contribution in [1.29, 1.82) is 0 Å². The summed E-state index contributed by atoms with van der Waals surface area (Å²) in [4.78, 5) is 11.1. The van der Waals surface area contributed by atoms with E-state index in [0.29, 0.717) is 6.42 Å². The Balaban J connectivity index is 2.67. The Labute approximate surface area is 68.9 Å². The lowest BCUT2D eigenvalue weighted by Crippen LogP contribution is -2.32. The van der Waals surface area contributed by atoms with Gasteiger partial charge in [-0.05, 0) is 19.3 Å². The SMILES string of the molecule is CCCC(=O)C1(C(F)(F)F)CC1. The number of hydrogen-bond acceptors (Lipinski definition) is 1. The van der Waals surface area contributed by atoms with Crippen LogP contribution in [0.2, 0.25) is 0 Å². The predicted octanol–water partition coefficient (Wildman–Crippen LogP) is 2.70. The van der Waals surface area contributed by atoms with E-state index in [9.17, 15) is 18.0 Å². The molecule has 0 heterocycles. The summed E-state index contributed by atoms with van der Waals surface area (Å²) in [6, 6.07) is 0. The molecule has 0 aromatic rings. The van der Waals surface area contributed by atoms with Crippen LogP contribution in [0.1, 0.15) is 32.6 Å². The number of hydrogen-bond donors (Lipinski definition) is 0. The first-order chi connectivity index (χ1) is 5.44. The first-order valence-corrected chi connectivity index (χ1v) is 4.04. The molecule has 0 aromatic carbocycles. The highest BCUT2D eigenvalue weighted by Crippen LogP contribution is 2.58. The van der Waals surface area contributed by atoms with Gasteiger partial charge in [-0.2, -0.15) is 13.2 Å². The molecular weight excluding hydrogens is 169 g/mol. The third-order valence-corrected chi connectivity index (χ3v) is 2.30. The van der Waals surface area contributed by atoms with Crippen molar-refractivity contribution in [2.24, 2.45) is 5.41 Å². The van der Waals surface area contributed by atoms with Gasteiger partial charge in [0.25, 0.3) is 0 Å². The van der Waals surface area contributed by atoms with E-state index in [2.05, 4.69) is 0 Å². The molecule has 1 aliphatic rings. The average Bonchev–Trinajstić information content (AvgIpc) is 2.63. The van der Waals surface area contributed by atoms with Gasteiger partial charge in [0.1, 0.15) is 11.2 Å². The summed E-state index contributed by atoms with van der Waals surface area (Å²) in [6.07, 6.45) is -3.78. The molecule has 1 saturated carbocycles. The van der Waals surface area contributed by atoms with E-state index in [1.165, 1.54) is 0 Å². The number of alkyl halides is 3. The van der Waals surface area contributed by atoms with Crippen molar-refractivity contribution in [3.05, 3.63) is 0 Å². The quantitative estimate of drug-likeness (QED) is 0.652. The van der Waals surface area contributed by atoms with E-state index in [-0.39, 0.29) is 19.3 Å². The molecule has 0 aromatic heterocycles. The van der Waals surface area contributed by atoms with E-state index in [1.54, 1.807) is 6.92 Å². The van der Waals surface area contributed by atoms with Crippen LogP contribution in [-0.2, 0) is 4.79 Å². The number of Topliss-reactive ketones (excluding diaryl/α,β-unsaturated/α-hetero) is 1. The Hall–Kier alpha value is -0.540. The van der Waals surface area contributed by atoms with Gasteiger partial charge >= 0.3 is 6.18 Å². The van der Waals surface area contributed by atoms with Crippen LogP contribution >= 0.6 is 0 Å². The van der Waals surface area contributed by atoms with Crippen molar-refractivity contribution < 1.29 is 18.0 Å². The van der Waals surface area contributed by atoms with E-state index in [0.717, 1.165) is 0 Å². The molecule has 0 radical (unpaired) electrons. The molecule has 0 N–H and O–H groups in total. The molecule has 0 atom stereocenters. The maximum absolute atomic E-state index is 12.2. The Morgan fingerprint density at radius 1 is 1.42 bits per heavy atom. The molecule has 70 valence electrons. The minimum atomic E-state index is -4.32. The third kappa shape index (κ3) is 1.34. The summed E-state index contributed by atoms with van der Waals surface area (Å²) in [5.74, 6) is -0.627. The summed E-state index contributed by atoms with van der Waals surface area (Å²) in [7, 11) is 0. The van der Waals surface area contributed by atoms with Crippen molar-refractivity contribution in [3.63, 3.8) is 0 Å². The second kappa shape index (κ2) is 2.75. The van der Waals surface area contributed by atoms with E-state index in [4.69, 9.17) is 0 Å². The lowest BCUT2D eigenvalue weighted by Gasteiger charge is -2.16. The van der Waals surface area contributed by atoms with Crippen LogP contribution in [0.15, 0.2) is 0 Å². The number of carbonyl (C=O) groups is 1. The predicted molar refractivity (Wildman–Crippen MR) is 37.6 cm³/mol. The van der Waals surface area contributed by atoms with E-state index in [1.807, 2.05) is 0 Å². The van der Waals surface area contributed by atoms with Gasteiger partial charge in [-0.3, -0.25) is 4.79 Å². The van der Waals surface area contributed by atoms with Gasteiger partial charge in [0.15, 0.2) is 0 Å². The molecule has 1 aliphatic carbocycles. The van der Waals surface area contributed by atoms with Gasteiger partial charge < -0.3 is 0 Å². The van der Waals surface area contributed by atoms with Crippen LogP contribution in [0.5, 0.6) is 0 Å². The molecule has 0 saturated heterocycles. The zero-order valence-corrected chi connectivity index (χ0v) is 6.87. The van der Waals surface area contributed by atoms with Crippen LogP contribution in [-0.4, -0.2) is 12.0 Å². The first kappa shape index (κ1) is 9.55. The maximum atomic E-state index is 12.2.